The lowest BCUT2D eigenvalue weighted by atomic mass is 10.1. The SMILES string of the molecule is Cc1cnc(CS(=O)c2cccc3[nH]cnc23)c(C)c1OCC1COC(C)(C)OC1. The molecule has 7 nitrogen and oxygen atoms in total. The Morgan fingerprint density at radius 3 is 2.77 bits per heavy atom. The molecular weight excluding hydrogens is 402 g/mol. The first kappa shape index (κ1) is 21.0. The first-order valence-corrected chi connectivity index (χ1v) is 11.3. The monoisotopic (exact) mass is 429 g/mol. The topological polar surface area (TPSA) is 86.3 Å². The van der Waals surface area contributed by atoms with Gasteiger partial charge in [-0.2, -0.15) is 0 Å². The van der Waals surface area contributed by atoms with Crippen molar-refractivity contribution in [3.05, 3.63) is 47.5 Å². The summed E-state index contributed by atoms with van der Waals surface area (Å²) in [4.78, 5) is 12.6. The predicted octanol–water partition coefficient (Wildman–Crippen LogP) is 3.66. The third-order valence-electron chi connectivity index (χ3n) is 5.27. The van der Waals surface area contributed by atoms with Gasteiger partial charge in [-0.3, -0.25) is 9.19 Å². The van der Waals surface area contributed by atoms with Gasteiger partial charge in [-0.15, -0.1) is 0 Å². The van der Waals surface area contributed by atoms with E-state index >= 15 is 0 Å². The number of nitrogens with one attached hydrogen (secondary N) is 1. The summed E-state index contributed by atoms with van der Waals surface area (Å²) in [6.07, 6.45) is 3.40. The van der Waals surface area contributed by atoms with E-state index in [4.69, 9.17) is 14.2 Å². The quantitative estimate of drug-likeness (QED) is 0.644. The Morgan fingerprint density at radius 1 is 1.23 bits per heavy atom. The smallest absolute Gasteiger partial charge is 0.162 e. The fourth-order valence-corrected chi connectivity index (χ4v) is 4.78. The van der Waals surface area contributed by atoms with E-state index in [1.807, 2.05) is 45.9 Å². The lowest BCUT2D eigenvalue weighted by Gasteiger charge is -2.34. The van der Waals surface area contributed by atoms with Crippen LogP contribution in [0.25, 0.3) is 11.0 Å². The van der Waals surface area contributed by atoms with Crippen LogP contribution in [0, 0.1) is 19.8 Å². The molecule has 0 aliphatic carbocycles. The van der Waals surface area contributed by atoms with Gasteiger partial charge in [0.25, 0.3) is 0 Å². The Kier molecular flexibility index (Phi) is 5.90. The van der Waals surface area contributed by atoms with Gasteiger partial charge in [-0.25, -0.2) is 4.98 Å². The highest BCUT2D eigenvalue weighted by Gasteiger charge is 2.29. The molecule has 1 aliphatic rings. The number of aryl methyl sites for hydroxylation is 1. The second kappa shape index (κ2) is 8.45. The molecule has 8 heteroatoms. The zero-order valence-electron chi connectivity index (χ0n) is 17.7. The zero-order valence-corrected chi connectivity index (χ0v) is 18.5. The molecular formula is C22H27N3O4S. The van der Waals surface area contributed by atoms with Crippen molar-refractivity contribution in [3.63, 3.8) is 0 Å². The van der Waals surface area contributed by atoms with Crippen molar-refractivity contribution in [2.45, 2.75) is 44.1 Å². The van der Waals surface area contributed by atoms with Crippen LogP contribution >= 0.6 is 0 Å². The number of pyridine rings is 1. The molecule has 160 valence electrons. The van der Waals surface area contributed by atoms with Crippen molar-refractivity contribution in [2.24, 2.45) is 5.92 Å². The average Bonchev–Trinajstić information content (AvgIpc) is 3.20. The molecule has 1 fully saturated rings. The van der Waals surface area contributed by atoms with Crippen LogP contribution in [0.15, 0.2) is 35.6 Å². The number of nitrogens with zero attached hydrogens (tertiary/aromatic N) is 2. The van der Waals surface area contributed by atoms with Crippen LogP contribution in [0.1, 0.15) is 30.7 Å². The zero-order chi connectivity index (χ0) is 21.3. The van der Waals surface area contributed by atoms with Crippen LogP contribution in [0.5, 0.6) is 5.75 Å². The standard InChI is InChI=1S/C22H27N3O4S/c1-14-8-23-18(12-30(26)19-7-5-6-17-20(19)25-13-24-17)15(2)21(14)27-9-16-10-28-22(3,4)29-11-16/h5-8,13,16H,9-12H2,1-4H3,(H,24,25). The van der Waals surface area contributed by atoms with Crippen LogP contribution in [0.4, 0.5) is 0 Å². The number of H-pyrrole nitrogens is 1. The van der Waals surface area contributed by atoms with E-state index in [-0.39, 0.29) is 5.92 Å². The van der Waals surface area contributed by atoms with Gasteiger partial charge in [0.05, 0.1) is 58.8 Å². The molecule has 2 aromatic heterocycles. The van der Waals surface area contributed by atoms with Crippen LogP contribution in [0.3, 0.4) is 0 Å². The molecule has 30 heavy (non-hydrogen) atoms. The highest BCUT2D eigenvalue weighted by Crippen LogP contribution is 2.29. The number of para-hydroxylation sites is 1. The third kappa shape index (κ3) is 4.40. The van der Waals surface area contributed by atoms with Crippen LogP contribution in [0.2, 0.25) is 0 Å². The minimum Gasteiger partial charge on any atom is -0.492 e. The summed E-state index contributed by atoms with van der Waals surface area (Å²) in [7, 11) is -1.27. The van der Waals surface area contributed by atoms with Crippen LogP contribution in [-0.4, -0.2) is 44.8 Å². The number of ether oxygens (including phenoxy) is 3. The molecule has 1 unspecified atom stereocenters. The van der Waals surface area contributed by atoms with E-state index in [0.717, 1.165) is 33.6 Å². The molecule has 1 aliphatic heterocycles. The first-order chi connectivity index (χ1) is 14.3. The lowest BCUT2D eigenvalue weighted by Crippen LogP contribution is -2.41. The van der Waals surface area contributed by atoms with E-state index in [0.29, 0.717) is 30.5 Å². The second-order valence-electron chi connectivity index (χ2n) is 8.09. The van der Waals surface area contributed by atoms with Gasteiger partial charge in [0.15, 0.2) is 5.79 Å². The van der Waals surface area contributed by atoms with Crippen molar-refractivity contribution >= 4 is 21.8 Å². The minimum atomic E-state index is -1.27. The molecule has 1 saturated heterocycles. The van der Waals surface area contributed by atoms with Crippen LogP contribution in [-0.2, 0) is 26.0 Å². The van der Waals surface area contributed by atoms with Gasteiger partial charge >= 0.3 is 0 Å². The Hall–Kier alpha value is -2.29. The molecule has 3 aromatic rings. The molecule has 0 bridgehead atoms. The predicted molar refractivity (Wildman–Crippen MR) is 115 cm³/mol. The fraction of sp³-hybridized carbons (Fsp3) is 0.455. The maximum atomic E-state index is 13.1. The Bertz CT molecular complexity index is 1070. The van der Waals surface area contributed by atoms with E-state index < -0.39 is 16.6 Å². The summed E-state index contributed by atoms with van der Waals surface area (Å²) in [5.74, 6) is 0.728. The van der Waals surface area contributed by atoms with Gasteiger partial charge in [-0.05, 0) is 39.8 Å². The fourth-order valence-electron chi connectivity index (χ4n) is 3.47. The van der Waals surface area contributed by atoms with Crippen molar-refractivity contribution < 1.29 is 18.4 Å². The summed E-state index contributed by atoms with van der Waals surface area (Å²) in [6, 6.07) is 5.66. The second-order valence-corrected chi connectivity index (χ2v) is 9.51. The maximum Gasteiger partial charge on any atom is 0.162 e. The van der Waals surface area contributed by atoms with E-state index in [1.165, 1.54) is 0 Å². The maximum absolute atomic E-state index is 13.1. The summed E-state index contributed by atoms with van der Waals surface area (Å²) < 4.78 is 30.7. The number of fused-ring (bicyclic) bond motifs is 1. The first-order valence-electron chi connectivity index (χ1n) is 10.0. The Morgan fingerprint density at radius 2 is 2.00 bits per heavy atom. The van der Waals surface area contributed by atoms with Crippen molar-refractivity contribution in [2.75, 3.05) is 19.8 Å². The summed E-state index contributed by atoms with van der Waals surface area (Å²) >= 11 is 0. The summed E-state index contributed by atoms with van der Waals surface area (Å²) in [6.45, 7) is 9.46. The number of hydrogen-bond acceptors (Lipinski definition) is 6. The molecule has 1 N–H and O–H groups in total. The van der Waals surface area contributed by atoms with Gasteiger partial charge < -0.3 is 19.2 Å². The van der Waals surface area contributed by atoms with Crippen molar-refractivity contribution in [3.8, 4) is 5.75 Å². The number of aromatic amines is 1. The molecule has 0 amide bonds. The van der Waals surface area contributed by atoms with Crippen LogP contribution < -0.4 is 4.74 Å². The largest absolute Gasteiger partial charge is 0.492 e. The molecule has 0 saturated carbocycles. The van der Waals surface area contributed by atoms with Gasteiger partial charge in [0.1, 0.15) is 11.3 Å². The third-order valence-corrected chi connectivity index (χ3v) is 6.62. The van der Waals surface area contributed by atoms with Gasteiger partial charge in [-0.1, -0.05) is 6.07 Å². The number of benzene rings is 1. The molecule has 0 spiro atoms. The highest BCUT2D eigenvalue weighted by molar-refractivity contribution is 7.84. The van der Waals surface area contributed by atoms with Crippen molar-refractivity contribution in [1.29, 1.82) is 0 Å². The molecule has 0 radical (unpaired) electrons. The average molecular weight is 430 g/mol. The molecule has 3 heterocycles. The highest BCUT2D eigenvalue weighted by atomic mass is 32.2. The Balaban J connectivity index is 1.48. The van der Waals surface area contributed by atoms with Crippen molar-refractivity contribution in [1.82, 2.24) is 15.0 Å². The summed E-state index contributed by atoms with van der Waals surface area (Å²) in [5, 5.41) is 0. The number of aromatic nitrogens is 3. The molecule has 4 rings (SSSR count). The number of hydrogen-bond donors (Lipinski definition) is 1. The molecule has 1 aromatic carbocycles. The van der Waals surface area contributed by atoms with E-state index in [9.17, 15) is 4.21 Å². The normalized spacial score (nSPS) is 17.9. The number of imidazole rings is 1. The minimum absolute atomic E-state index is 0.167. The lowest BCUT2D eigenvalue weighted by molar-refractivity contribution is -0.264. The summed E-state index contributed by atoms with van der Waals surface area (Å²) in [5.41, 5.74) is 4.24. The van der Waals surface area contributed by atoms with Gasteiger partial charge in [0.2, 0.25) is 0 Å². The van der Waals surface area contributed by atoms with E-state index in [2.05, 4.69) is 15.0 Å². The molecule has 1 atom stereocenters. The number of rotatable bonds is 6. The van der Waals surface area contributed by atoms with E-state index in [1.54, 1.807) is 12.5 Å². The van der Waals surface area contributed by atoms with Gasteiger partial charge in [0, 0.05) is 23.2 Å². The Labute approximate surface area is 178 Å².